The first-order chi connectivity index (χ1) is 12.5. The molecule has 2 heterocycles. The van der Waals surface area contributed by atoms with Gasteiger partial charge in [-0.1, -0.05) is 26.0 Å². The van der Waals surface area contributed by atoms with E-state index in [2.05, 4.69) is 31.0 Å². The number of likely N-dealkylation sites (tertiary alicyclic amines) is 1. The maximum atomic E-state index is 12.2. The van der Waals surface area contributed by atoms with Crippen LogP contribution < -0.4 is 15.0 Å². The van der Waals surface area contributed by atoms with Gasteiger partial charge in [-0.2, -0.15) is 0 Å². The zero-order valence-electron chi connectivity index (χ0n) is 16.1. The minimum absolute atomic E-state index is 0.0147. The number of nitrogens with zero attached hydrogens (tertiary/aromatic N) is 3. The van der Waals surface area contributed by atoms with Gasteiger partial charge in [-0.25, -0.2) is 0 Å². The lowest BCUT2D eigenvalue weighted by molar-refractivity contribution is -0.121. The lowest BCUT2D eigenvalue weighted by Crippen LogP contribution is -2.41. The molecule has 0 spiro atoms. The molecule has 1 saturated heterocycles. The van der Waals surface area contributed by atoms with E-state index in [-0.39, 0.29) is 12.5 Å². The number of nitrogens with one attached hydrogen (secondary N) is 1. The summed E-state index contributed by atoms with van der Waals surface area (Å²) >= 11 is 0. The number of anilines is 1. The van der Waals surface area contributed by atoms with Crippen LogP contribution in [0.25, 0.3) is 0 Å². The van der Waals surface area contributed by atoms with Crippen LogP contribution in [0.3, 0.4) is 0 Å². The molecule has 2 aliphatic rings. The van der Waals surface area contributed by atoms with Crippen LogP contribution >= 0.6 is 0 Å². The van der Waals surface area contributed by atoms with E-state index in [0.29, 0.717) is 18.5 Å². The first kappa shape index (κ1) is 18.5. The van der Waals surface area contributed by atoms with Crippen molar-refractivity contribution in [1.29, 1.82) is 0 Å². The monoisotopic (exact) mass is 358 g/mol. The van der Waals surface area contributed by atoms with E-state index in [4.69, 9.17) is 9.73 Å². The summed E-state index contributed by atoms with van der Waals surface area (Å²) in [6.45, 7) is 11.1. The van der Waals surface area contributed by atoms with E-state index in [9.17, 15) is 4.79 Å². The summed E-state index contributed by atoms with van der Waals surface area (Å²) in [6, 6.07) is 7.71. The van der Waals surface area contributed by atoms with E-state index < -0.39 is 0 Å². The molecule has 1 N–H and O–H groups in total. The third kappa shape index (κ3) is 4.29. The average Bonchev–Trinajstić information content (AvgIpc) is 2.99. The van der Waals surface area contributed by atoms with Crippen LogP contribution in [0, 0.1) is 5.41 Å². The van der Waals surface area contributed by atoms with Gasteiger partial charge < -0.3 is 19.9 Å². The van der Waals surface area contributed by atoms with Crippen LogP contribution in [0.5, 0.6) is 5.75 Å². The third-order valence-corrected chi connectivity index (χ3v) is 4.92. The van der Waals surface area contributed by atoms with Gasteiger partial charge >= 0.3 is 0 Å². The fourth-order valence-electron chi connectivity index (χ4n) is 3.53. The highest BCUT2D eigenvalue weighted by molar-refractivity contribution is 5.97. The van der Waals surface area contributed by atoms with Crippen LogP contribution in [0.1, 0.15) is 33.6 Å². The molecular weight excluding hydrogens is 328 g/mol. The number of guanidine groups is 1. The van der Waals surface area contributed by atoms with Gasteiger partial charge in [0.2, 0.25) is 0 Å². The molecule has 0 unspecified atom stereocenters. The molecule has 142 valence electrons. The van der Waals surface area contributed by atoms with Crippen molar-refractivity contribution in [2.24, 2.45) is 10.4 Å². The quantitative estimate of drug-likeness (QED) is 0.499. The second-order valence-electron chi connectivity index (χ2n) is 7.73. The number of carbonyl (C=O) groups excluding carboxylic acids is 1. The molecule has 6 heteroatoms. The smallest absolute Gasteiger partial charge is 0.265 e. The third-order valence-electron chi connectivity index (χ3n) is 4.92. The number of carbonyl (C=O) groups is 1. The molecule has 6 nitrogen and oxygen atoms in total. The normalized spacial score (nSPS) is 19.3. The maximum absolute atomic E-state index is 12.2. The first-order valence-electron chi connectivity index (χ1n) is 9.55. The van der Waals surface area contributed by atoms with Gasteiger partial charge in [0.15, 0.2) is 12.6 Å². The topological polar surface area (TPSA) is 57.2 Å². The van der Waals surface area contributed by atoms with Crippen LogP contribution in [0.2, 0.25) is 0 Å². The number of rotatable bonds is 5. The highest BCUT2D eigenvalue weighted by atomic mass is 16.5. The summed E-state index contributed by atoms with van der Waals surface area (Å²) in [4.78, 5) is 21.2. The number of hydrogen-bond donors (Lipinski definition) is 1. The molecule has 0 atom stereocenters. The predicted octanol–water partition coefficient (Wildman–Crippen LogP) is 2.50. The zero-order valence-corrected chi connectivity index (χ0v) is 16.1. The van der Waals surface area contributed by atoms with Gasteiger partial charge in [-0.3, -0.25) is 9.79 Å². The van der Waals surface area contributed by atoms with Crippen molar-refractivity contribution in [3.05, 3.63) is 24.3 Å². The molecule has 1 fully saturated rings. The predicted molar refractivity (Wildman–Crippen MR) is 105 cm³/mol. The first-order valence-corrected chi connectivity index (χ1v) is 9.55. The molecule has 0 aliphatic carbocycles. The van der Waals surface area contributed by atoms with E-state index in [0.717, 1.165) is 43.5 Å². The van der Waals surface area contributed by atoms with Gasteiger partial charge in [-0.15, -0.1) is 0 Å². The molecule has 1 amide bonds. The summed E-state index contributed by atoms with van der Waals surface area (Å²) in [5.74, 6) is 1.79. The Morgan fingerprint density at radius 3 is 2.88 bits per heavy atom. The van der Waals surface area contributed by atoms with E-state index >= 15 is 0 Å². The average molecular weight is 358 g/mol. The van der Waals surface area contributed by atoms with Crippen LogP contribution in [0.4, 0.5) is 5.69 Å². The van der Waals surface area contributed by atoms with Gasteiger partial charge in [0, 0.05) is 32.7 Å². The molecule has 26 heavy (non-hydrogen) atoms. The van der Waals surface area contributed by atoms with Crippen molar-refractivity contribution in [3.63, 3.8) is 0 Å². The van der Waals surface area contributed by atoms with E-state index in [1.807, 2.05) is 29.2 Å². The van der Waals surface area contributed by atoms with Crippen molar-refractivity contribution in [1.82, 2.24) is 10.2 Å². The highest BCUT2D eigenvalue weighted by Gasteiger charge is 2.31. The largest absolute Gasteiger partial charge is 0.482 e. The second kappa shape index (κ2) is 7.98. The second-order valence-corrected chi connectivity index (χ2v) is 7.73. The fraction of sp³-hybridized carbons (Fsp3) is 0.600. The number of aliphatic imine (C=N–C) groups is 1. The summed E-state index contributed by atoms with van der Waals surface area (Å²) in [5.41, 5.74) is 1.21. The number of ether oxygens (including phenoxy) is 1. The molecule has 2 aliphatic heterocycles. The molecule has 3 rings (SSSR count). The minimum Gasteiger partial charge on any atom is -0.482 e. The van der Waals surface area contributed by atoms with Crippen molar-refractivity contribution >= 4 is 17.6 Å². The number of benzene rings is 1. The van der Waals surface area contributed by atoms with Crippen LogP contribution in [0.15, 0.2) is 29.3 Å². The lowest BCUT2D eigenvalue weighted by Gasteiger charge is -2.29. The maximum Gasteiger partial charge on any atom is 0.265 e. The fourth-order valence-corrected chi connectivity index (χ4v) is 3.53. The summed E-state index contributed by atoms with van der Waals surface area (Å²) in [5, 5.41) is 3.40. The molecule has 0 saturated carbocycles. The Morgan fingerprint density at radius 2 is 2.15 bits per heavy atom. The van der Waals surface area contributed by atoms with Crippen LogP contribution in [-0.2, 0) is 4.79 Å². The number of para-hydroxylation sites is 2. The Bertz CT molecular complexity index is 672. The standard InChI is InChI=1S/C20H30N4O2/c1-4-21-19(23-13-10-20(2,3)15-23)22-11-7-12-24-16-8-5-6-9-17(16)26-14-18(24)25/h5-6,8-9H,4,7,10-15H2,1-3H3,(H,21,22). The minimum atomic E-state index is 0.0147. The molecule has 0 radical (unpaired) electrons. The zero-order chi connectivity index (χ0) is 18.6. The van der Waals surface area contributed by atoms with Crippen molar-refractivity contribution in [3.8, 4) is 5.75 Å². The number of hydrogen-bond acceptors (Lipinski definition) is 3. The molecule has 1 aromatic rings. The van der Waals surface area contributed by atoms with Crippen molar-refractivity contribution < 1.29 is 9.53 Å². The highest BCUT2D eigenvalue weighted by Crippen LogP contribution is 2.31. The SMILES string of the molecule is CCNC(=NCCCN1C(=O)COc2ccccc21)N1CCC(C)(C)C1. The molecule has 1 aromatic carbocycles. The van der Waals surface area contributed by atoms with E-state index in [1.54, 1.807) is 0 Å². The summed E-state index contributed by atoms with van der Waals surface area (Å²) in [6.07, 6.45) is 2.02. The van der Waals surface area contributed by atoms with Gasteiger partial charge in [0.1, 0.15) is 5.75 Å². The number of amides is 1. The van der Waals surface area contributed by atoms with Crippen LogP contribution in [-0.4, -0.2) is 56.1 Å². The molecule has 0 bridgehead atoms. The summed E-state index contributed by atoms with van der Waals surface area (Å²) < 4.78 is 5.49. The Labute approximate surface area is 156 Å². The molecular formula is C20H30N4O2. The number of fused-ring (bicyclic) bond motifs is 1. The van der Waals surface area contributed by atoms with E-state index in [1.165, 1.54) is 6.42 Å². The Balaban J connectivity index is 1.58. The van der Waals surface area contributed by atoms with Crippen molar-refractivity contribution in [2.75, 3.05) is 44.2 Å². The van der Waals surface area contributed by atoms with Gasteiger partial charge in [0.25, 0.3) is 5.91 Å². The summed E-state index contributed by atoms with van der Waals surface area (Å²) in [7, 11) is 0. The molecule has 0 aromatic heterocycles. The van der Waals surface area contributed by atoms with Gasteiger partial charge in [0.05, 0.1) is 5.69 Å². The lowest BCUT2D eigenvalue weighted by atomic mass is 9.93. The van der Waals surface area contributed by atoms with Gasteiger partial charge in [-0.05, 0) is 37.3 Å². The Hall–Kier alpha value is -2.24. The van der Waals surface area contributed by atoms with Crippen molar-refractivity contribution in [2.45, 2.75) is 33.6 Å². The Morgan fingerprint density at radius 1 is 1.35 bits per heavy atom. The Kier molecular flexibility index (Phi) is 5.69.